The molecule has 0 spiro atoms. The third-order valence-electron chi connectivity index (χ3n) is 6.84. The Morgan fingerprint density at radius 1 is 1.35 bits per heavy atom. The number of alkyl halides is 1. The second-order valence-electron chi connectivity index (χ2n) is 8.15. The summed E-state index contributed by atoms with van der Waals surface area (Å²) >= 11 is 6.26. The van der Waals surface area contributed by atoms with Gasteiger partial charge in [0, 0.05) is 28.0 Å². The lowest BCUT2D eigenvalue weighted by atomic mass is 9.50. The van der Waals surface area contributed by atoms with E-state index in [1.54, 1.807) is 0 Å². The average Bonchev–Trinajstić information content (AvgIpc) is 2.86. The average molecular weight is 335 g/mol. The molecule has 1 fully saturated rings. The molecule has 1 heterocycles. The van der Waals surface area contributed by atoms with Crippen LogP contribution in [-0.2, 0) is 9.53 Å². The smallest absolute Gasteiger partial charge is 0.130 e. The molecular formula is C20H27ClO2. The van der Waals surface area contributed by atoms with Crippen LogP contribution in [0.5, 0.6) is 0 Å². The molecule has 1 aliphatic heterocycles. The van der Waals surface area contributed by atoms with Crippen LogP contribution < -0.4 is 0 Å². The normalized spacial score (nSPS) is 48.8. The minimum absolute atomic E-state index is 0.0306. The summed E-state index contributed by atoms with van der Waals surface area (Å²) in [6, 6.07) is 0. The summed E-state index contributed by atoms with van der Waals surface area (Å²) in [6.45, 7) is 13.0. The third-order valence-corrected chi connectivity index (χ3v) is 7.15. The molecule has 23 heavy (non-hydrogen) atoms. The predicted molar refractivity (Wildman–Crippen MR) is 94.5 cm³/mol. The van der Waals surface area contributed by atoms with Crippen LogP contribution in [0.4, 0.5) is 0 Å². The number of halogens is 1. The highest BCUT2D eigenvalue weighted by Gasteiger charge is 2.71. The molecule has 1 unspecified atom stereocenters. The Balaban J connectivity index is 2.27. The molecule has 0 radical (unpaired) electrons. The van der Waals surface area contributed by atoms with Crippen LogP contribution in [0.15, 0.2) is 34.9 Å². The second kappa shape index (κ2) is 5.07. The van der Waals surface area contributed by atoms with Gasteiger partial charge in [0.05, 0.1) is 12.2 Å². The van der Waals surface area contributed by atoms with Gasteiger partial charge >= 0.3 is 0 Å². The Bertz CT molecular complexity index is 646. The van der Waals surface area contributed by atoms with Gasteiger partial charge in [0.2, 0.25) is 0 Å². The van der Waals surface area contributed by atoms with E-state index >= 15 is 0 Å². The van der Waals surface area contributed by atoms with Crippen molar-refractivity contribution in [2.45, 2.75) is 53.8 Å². The van der Waals surface area contributed by atoms with Gasteiger partial charge in [-0.05, 0) is 38.8 Å². The summed E-state index contributed by atoms with van der Waals surface area (Å²) in [6.07, 6.45) is 7.67. The Kier molecular flexibility index (Phi) is 3.74. The van der Waals surface area contributed by atoms with E-state index in [0.29, 0.717) is 5.88 Å². The fraction of sp³-hybridized carbons (Fsp3) is 0.650. The Morgan fingerprint density at radius 2 is 2.00 bits per heavy atom. The van der Waals surface area contributed by atoms with E-state index in [0.717, 1.165) is 11.9 Å². The van der Waals surface area contributed by atoms with E-state index in [1.165, 1.54) is 11.1 Å². The number of carbonyl (C=O) groups excluding carboxylic acids is 1. The second-order valence-corrected chi connectivity index (χ2v) is 8.42. The zero-order chi connectivity index (χ0) is 17.2. The zero-order valence-corrected chi connectivity index (χ0v) is 15.7. The molecule has 0 aromatic carbocycles. The standard InChI is InChI=1S/C20H27ClO2/c1-7-12(2)16-19(5)8-13(3)15-18(4,11-22)9-14(10-21)17(23-16)20(15,19)6/h7-9,11,15-17H,10H2,1-6H3/b12-7+/t15-,16+,17?,18+,19+,20-/m1/s1. The SMILES string of the molecule is C/C=C(\C)[C@@H]1OC2C(CCl)=C[C@@](C)(C=O)[C@H]3C(C)=C[C@]1(C)[C@@]23C. The third kappa shape index (κ3) is 1.83. The first-order chi connectivity index (χ1) is 10.7. The van der Waals surface area contributed by atoms with Crippen LogP contribution in [0, 0.1) is 22.2 Å². The van der Waals surface area contributed by atoms with Crippen molar-refractivity contribution in [1.82, 2.24) is 0 Å². The van der Waals surface area contributed by atoms with Crippen LogP contribution in [0.1, 0.15) is 41.5 Å². The van der Waals surface area contributed by atoms with E-state index in [4.69, 9.17) is 16.3 Å². The van der Waals surface area contributed by atoms with E-state index in [1.807, 2.05) is 6.92 Å². The molecular weight excluding hydrogens is 308 g/mol. The minimum atomic E-state index is -0.518. The minimum Gasteiger partial charge on any atom is -0.365 e. The van der Waals surface area contributed by atoms with E-state index in [9.17, 15) is 4.79 Å². The van der Waals surface area contributed by atoms with Crippen molar-refractivity contribution in [2.24, 2.45) is 22.2 Å². The quantitative estimate of drug-likeness (QED) is 0.425. The lowest BCUT2D eigenvalue weighted by Crippen LogP contribution is -2.53. The summed E-state index contributed by atoms with van der Waals surface area (Å²) in [5.41, 5.74) is 2.81. The van der Waals surface area contributed by atoms with Crippen molar-refractivity contribution in [2.75, 3.05) is 5.88 Å². The van der Waals surface area contributed by atoms with Crippen LogP contribution in [0.25, 0.3) is 0 Å². The highest BCUT2D eigenvalue weighted by atomic mass is 35.5. The monoisotopic (exact) mass is 334 g/mol. The molecule has 3 aliphatic rings. The Labute approximate surface area is 144 Å². The van der Waals surface area contributed by atoms with Crippen molar-refractivity contribution >= 4 is 17.9 Å². The summed E-state index contributed by atoms with van der Waals surface area (Å²) in [7, 11) is 0. The molecule has 0 aromatic rings. The van der Waals surface area contributed by atoms with Gasteiger partial charge in [-0.25, -0.2) is 0 Å². The molecule has 0 amide bonds. The van der Waals surface area contributed by atoms with Gasteiger partial charge < -0.3 is 9.53 Å². The van der Waals surface area contributed by atoms with Crippen molar-refractivity contribution in [3.8, 4) is 0 Å². The van der Waals surface area contributed by atoms with Gasteiger partial charge in [-0.15, -0.1) is 11.6 Å². The van der Waals surface area contributed by atoms with Gasteiger partial charge in [-0.3, -0.25) is 0 Å². The molecule has 0 saturated carbocycles. The van der Waals surface area contributed by atoms with E-state index in [-0.39, 0.29) is 29.0 Å². The molecule has 6 atom stereocenters. The zero-order valence-electron chi connectivity index (χ0n) is 14.9. The summed E-state index contributed by atoms with van der Waals surface area (Å²) in [4.78, 5) is 12.0. The molecule has 2 nitrogen and oxygen atoms in total. The number of rotatable bonds is 3. The van der Waals surface area contributed by atoms with Crippen LogP contribution >= 0.6 is 11.6 Å². The number of hydrogen-bond acceptors (Lipinski definition) is 2. The van der Waals surface area contributed by atoms with Gasteiger partial charge in [-0.1, -0.05) is 37.6 Å². The molecule has 0 aromatic heterocycles. The maximum Gasteiger partial charge on any atom is 0.130 e. The number of carbonyl (C=O) groups is 1. The Morgan fingerprint density at radius 3 is 2.52 bits per heavy atom. The fourth-order valence-corrected chi connectivity index (χ4v) is 6.03. The molecule has 1 saturated heterocycles. The lowest BCUT2D eigenvalue weighted by molar-refractivity contribution is -0.119. The topological polar surface area (TPSA) is 26.3 Å². The maximum atomic E-state index is 12.0. The van der Waals surface area contributed by atoms with Crippen molar-refractivity contribution in [3.63, 3.8) is 0 Å². The maximum absolute atomic E-state index is 12.0. The molecule has 3 rings (SSSR count). The van der Waals surface area contributed by atoms with E-state index in [2.05, 4.69) is 52.8 Å². The summed E-state index contributed by atoms with van der Waals surface area (Å²) < 4.78 is 6.57. The largest absolute Gasteiger partial charge is 0.365 e. The number of aldehydes is 1. The van der Waals surface area contributed by atoms with Gasteiger partial charge in [0.1, 0.15) is 6.29 Å². The van der Waals surface area contributed by atoms with Crippen LogP contribution in [0.3, 0.4) is 0 Å². The highest BCUT2D eigenvalue weighted by Crippen LogP contribution is 2.71. The molecule has 2 aliphatic carbocycles. The molecule has 0 N–H and O–H groups in total. The van der Waals surface area contributed by atoms with Crippen molar-refractivity contribution in [3.05, 3.63) is 34.9 Å². The highest BCUT2D eigenvalue weighted by molar-refractivity contribution is 6.19. The van der Waals surface area contributed by atoms with Crippen LogP contribution in [0.2, 0.25) is 0 Å². The van der Waals surface area contributed by atoms with Crippen molar-refractivity contribution < 1.29 is 9.53 Å². The molecule has 3 heteroatoms. The van der Waals surface area contributed by atoms with E-state index < -0.39 is 5.41 Å². The molecule has 126 valence electrons. The lowest BCUT2D eigenvalue weighted by Gasteiger charge is -2.51. The summed E-state index contributed by atoms with van der Waals surface area (Å²) in [5.74, 6) is 0.566. The fourth-order valence-electron chi connectivity index (χ4n) is 5.82. The molecule has 0 bridgehead atoms. The number of ether oxygens (including phenoxy) is 1. The Hall–Kier alpha value is -0.860. The number of allylic oxidation sites excluding steroid dienone is 3. The van der Waals surface area contributed by atoms with Gasteiger partial charge in [-0.2, -0.15) is 0 Å². The predicted octanol–water partition coefficient (Wildman–Crippen LogP) is 4.69. The first-order valence-corrected chi connectivity index (χ1v) is 8.94. The first kappa shape index (κ1) is 17.0. The first-order valence-electron chi connectivity index (χ1n) is 8.41. The van der Waals surface area contributed by atoms with Gasteiger partial charge in [0.25, 0.3) is 0 Å². The number of hydrogen-bond donors (Lipinski definition) is 0. The van der Waals surface area contributed by atoms with Crippen molar-refractivity contribution in [1.29, 1.82) is 0 Å². The summed E-state index contributed by atoms with van der Waals surface area (Å²) in [5, 5.41) is 0. The van der Waals surface area contributed by atoms with Crippen LogP contribution in [-0.4, -0.2) is 24.4 Å². The van der Waals surface area contributed by atoms with Gasteiger partial charge in [0.15, 0.2) is 0 Å².